The van der Waals surface area contributed by atoms with Crippen molar-refractivity contribution in [2.24, 2.45) is 5.16 Å². The summed E-state index contributed by atoms with van der Waals surface area (Å²) in [7, 11) is -2.22. The van der Waals surface area contributed by atoms with Crippen molar-refractivity contribution in [3.63, 3.8) is 0 Å². The van der Waals surface area contributed by atoms with Gasteiger partial charge in [0.2, 0.25) is 11.0 Å². The number of sulfone groups is 1. The van der Waals surface area contributed by atoms with E-state index in [0.717, 1.165) is 16.7 Å². The number of carbonyl (C=O) groups excluding carboxylic acids is 3. The van der Waals surface area contributed by atoms with E-state index >= 15 is 0 Å². The fourth-order valence-corrected chi connectivity index (χ4v) is 3.20. The highest BCUT2D eigenvalue weighted by atomic mass is 32.2. The number of carbonyl (C=O) groups is 3. The third-order valence-corrected chi connectivity index (χ3v) is 6.09. The molecular formula is C12H19N3O6S2. The Morgan fingerprint density at radius 3 is 2.57 bits per heavy atom. The monoisotopic (exact) mass is 365 g/mol. The minimum Gasteiger partial charge on any atom is -0.321 e. The lowest BCUT2D eigenvalue weighted by Gasteiger charge is -2.27. The van der Waals surface area contributed by atoms with Crippen LogP contribution in [0.2, 0.25) is 0 Å². The van der Waals surface area contributed by atoms with Crippen LogP contribution in [0.25, 0.3) is 0 Å². The Kier molecular flexibility index (Phi) is 6.57. The number of thioether (sulfide) groups is 1. The van der Waals surface area contributed by atoms with Crippen LogP contribution in [-0.4, -0.2) is 71.6 Å². The van der Waals surface area contributed by atoms with Crippen molar-refractivity contribution in [2.45, 2.75) is 26.0 Å². The Labute approximate surface area is 138 Å². The summed E-state index contributed by atoms with van der Waals surface area (Å²) in [6, 6.07) is 0. The molecule has 9 nitrogen and oxygen atoms in total. The van der Waals surface area contributed by atoms with Crippen LogP contribution in [-0.2, 0) is 24.3 Å². The van der Waals surface area contributed by atoms with Gasteiger partial charge in [-0.1, -0.05) is 16.9 Å². The molecule has 1 rings (SSSR count). The van der Waals surface area contributed by atoms with Crippen LogP contribution in [0.3, 0.4) is 0 Å². The topological polar surface area (TPSA) is 113 Å². The fourth-order valence-electron chi connectivity index (χ4n) is 1.38. The number of hydrogen-bond donors (Lipinski definition) is 0. The van der Waals surface area contributed by atoms with Gasteiger partial charge in [-0.05, 0) is 13.8 Å². The number of oxime groups is 1. The lowest BCUT2D eigenvalue weighted by atomic mass is 10.5. The van der Waals surface area contributed by atoms with Gasteiger partial charge in [0, 0.05) is 26.3 Å². The Bertz CT molecular complexity index is 629. The summed E-state index contributed by atoms with van der Waals surface area (Å²) in [5.74, 6) is -1.14. The first kappa shape index (κ1) is 19.4. The largest absolute Gasteiger partial charge is 0.442 e. The molecule has 0 atom stereocenters. The molecule has 1 saturated heterocycles. The first-order valence-corrected chi connectivity index (χ1v) is 9.43. The zero-order valence-corrected chi connectivity index (χ0v) is 14.9. The molecule has 130 valence electrons. The third-order valence-electron chi connectivity index (χ3n) is 3.08. The van der Waals surface area contributed by atoms with E-state index in [-0.39, 0.29) is 11.6 Å². The van der Waals surface area contributed by atoms with Gasteiger partial charge in [0.05, 0.1) is 5.25 Å². The number of nitrogens with zero attached hydrogens (tertiary/aromatic N) is 3. The molecule has 11 heteroatoms. The summed E-state index contributed by atoms with van der Waals surface area (Å²) < 4.78 is 23.8. The first-order chi connectivity index (χ1) is 10.6. The maximum absolute atomic E-state index is 12.2. The van der Waals surface area contributed by atoms with Crippen molar-refractivity contribution >= 4 is 44.6 Å². The molecule has 23 heavy (non-hydrogen) atoms. The predicted octanol–water partition coefficient (Wildman–Crippen LogP) is 0.271. The van der Waals surface area contributed by atoms with E-state index in [1.807, 2.05) is 0 Å². The third kappa shape index (κ3) is 5.20. The van der Waals surface area contributed by atoms with Gasteiger partial charge in [0.1, 0.15) is 5.88 Å². The molecule has 1 fully saturated rings. The first-order valence-electron chi connectivity index (χ1n) is 6.73. The van der Waals surface area contributed by atoms with Crippen molar-refractivity contribution in [3.8, 4) is 0 Å². The second kappa shape index (κ2) is 7.77. The van der Waals surface area contributed by atoms with Crippen LogP contribution < -0.4 is 0 Å². The molecule has 1 aliphatic heterocycles. The van der Waals surface area contributed by atoms with E-state index in [2.05, 4.69) is 9.99 Å². The molecule has 0 spiro atoms. The van der Waals surface area contributed by atoms with Crippen LogP contribution in [0.4, 0.5) is 4.79 Å². The van der Waals surface area contributed by atoms with Crippen LogP contribution in [0.1, 0.15) is 20.8 Å². The molecule has 0 aromatic carbocycles. The maximum atomic E-state index is 12.2. The lowest BCUT2D eigenvalue weighted by molar-refractivity contribution is -0.126. The van der Waals surface area contributed by atoms with Crippen molar-refractivity contribution in [1.29, 1.82) is 0 Å². The molecule has 0 N–H and O–H groups in total. The molecule has 1 heterocycles. The van der Waals surface area contributed by atoms with E-state index in [4.69, 9.17) is 0 Å². The van der Waals surface area contributed by atoms with Gasteiger partial charge in [0.15, 0.2) is 9.84 Å². The highest BCUT2D eigenvalue weighted by Gasteiger charge is 2.31. The highest BCUT2D eigenvalue weighted by molar-refractivity contribution is 8.15. The Hall–Kier alpha value is -1.62. The minimum atomic E-state index is -3.43. The molecular weight excluding hydrogens is 346 g/mol. The van der Waals surface area contributed by atoms with Crippen LogP contribution >= 0.6 is 11.8 Å². The number of imide groups is 1. The summed E-state index contributed by atoms with van der Waals surface area (Å²) in [6.07, 6.45) is -1.02. The number of hydrogen-bond acceptors (Lipinski definition) is 8. The summed E-state index contributed by atoms with van der Waals surface area (Å²) in [5.41, 5.74) is 0. The molecule has 0 saturated carbocycles. The van der Waals surface area contributed by atoms with Crippen molar-refractivity contribution in [2.75, 3.05) is 25.2 Å². The van der Waals surface area contributed by atoms with E-state index in [0.29, 0.717) is 10.7 Å². The maximum Gasteiger partial charge on any atom is 0.442 e. The molecule has 0 aliphatic carbocycles. The van der Waals surface area contributed by atoms with Crippen LogP contribution in [0.5, 0.6) is 0 Å². The fraction of sp³-hybridized carbons (Fsp3) is 0.667. The van der Waals surface area contributed by atoms with Gasteiger partial charge in [-0.3, -0.25) is 14.4 Å². The van der Waals surface area contributed by atoms with Gasteiger partial charge in [-0.25, -0.2) is 18.1 Å². The standard InChI is InChI=1S/C12H19N3O6S2/c1-8(2)23(19,20)7-15-5-6-22-10(11(15)17)13-21-12(18)14(4)9(3)16/h8H,5-7H2,1-4H3. The molecule has 1 aliphatic rings. The Balaban J connectivity index is 2.79. The normalized spacial score (nSPS) is 17.5. The quantitative estimate of drug-likeness (QED) is 0.519. The Morgan fingerprint density at radius 1 is 1.43 bits per heavy atom. The summed E-state index contributed by atoms with van der Waals surface area (Å²) >= 11 is 1.05. The second-order valence-corrected chi connectivity index (χ2v) is 8.70. The summed E-state index contributed by atoms with van der Waals surface area (Å²) in [5, 5.41) is 2.71. The SMILES string of the molecule is CC(=O)N(C)C(=O)ON=C1SCCN(CS(=O)(=O)C(C)C)C1=O. The zero-order valence-electron chi connectivity index (χ0n) is 13.3. The predicted molar refractivity (Wildman–Crippen MR) is 85.5 cm³/mol. The summed E-state index contributed by atoms with van der Waals surface area (Å²) in [4.78, 5) is 41.0. The smallest absolute Gasteiger partial charge is 0.321 e. The molecule has 3 amide bonds. The van der Waals surface area contributed by atoms with Crippen LogP contribution in [0.15, 0.2) is 5.16 Å². The van der Waals surface area contributed by atoms with Gasteiger partial charge in [0.25, 0.3) is 5.91 Å². The summed E-state index contributed by atoms with van der Waals surface area (Å²) in [6.45, 7) is 4.50. The van der Waals surface area contributed by atoms with E-state index in [1.165, 1.54) is 27.8 Å². The molecule has 0 aromatic rings. The molecule has 0 unspecified atom stereocenters. The van der Waals surface area contributed by atoms with Crippen molar-refractivity contribution in [3.05, 3.63) is 0 Å². The van der Waals surface area contributed by atoms with Crippen LogP contribution in [0, 0.1) is 0 Å². The highest BCUT2D eigenvalue weighted by Crippen LogP contribution is 2.17. The van der Waals surface area contributed by atoms with Gasteiger partial charge in [-0.2, -0.15) is 0 Å². The van der Waals surface area contributed by atoms with Gasteiger partial charge < -0.3 is 4.90 Å². The van der Waals surface area contributed by atoms with E-state index < -0.39 is 38.9 Å². The second-order valence-electron chi connectivity index (χ2n) is 5.09. The van der Waals surface area contributed by atoms with Crippen molar-refractivity contribution < 1.29 is 27.6 Å². The van der Waals surface area contributed by atoms with E-state index in [9.17, 15) is 22.8 Å². The molecule has 0 bridgehead atoms. The van der Waals surface area contributed by atoms with Gasteiger partial charge >= 0.3 is 6.09 Å². The van der Waals surface area contributed by atoms with Gasteiger partial charge in [-0.15, -0.1) is 0 Å². The van der Waals surface area contributed by atoms with Crippen molar-refractivity contribution in [1.82, 2.24) is 9.80 Å². The average molecular weight is 365 g/mol. The molecule has 0 aromatic heterocycles. The molecule has 0 radical (unpaired) electrons. The lowest BCUT2D eigenvalue weighted by Crippen LogP contribution is -2.45. The number of rotatable bonds is 4. The zero-order chi connectivity index (χ0) is 17.8. The van der Waals surface area contributed by atoms with E-state index in [1.54, 1.807) is 0 Å². The average Bonchev–Trinajstić information content (AvgIpc) is 2.46. The number of amides is 3. The Morgan fingerprint density at radius 2 is 2.04 bits per heavy atom. The minimum absolute atomic E-state index is 0.125.